The van der Waals surface area contributed by atoms with Gasteiger partial charge in [0.05, 0.1) is 18.5 Å². The summed E-state index contributed by atoms with van der Waals surface area (Å²) < 4.78 is 2.09. The molecule has 0 aliphatic heterocycles. The van der Waals surface area contributed by atoms with Crippen molar-refractivity contribution in [2.75, 3.05) is 0 Å². The molecular formula is C19H20N2OS. The van der Waals surface area contributed by atoms with Crippen LogP contribution in [0.4, 0.5) is 0 Å². The Kier molecular flexibility index (Phi) is 5.16. The van der Waals surface area contributed by atoms with Crippen molar-refractivity contribution in [2.45, 2.75) is 31.0 Å². The number of thioether (sulfide) groups is 1. The van der Waals surface area contributed by atoms with Gasteiger partial charge in [0.2, 0.25) is 0 Å². The third kappa shape index (κ3) is 4.03. The van der Waals surface area contributed by atoms with Crippen molar-refractivity contribution < 1.29 is 5.11 Å². The van der Waals surface area contributed by atoms with E-state index in [1.807, 2.05) is 18.2 Å². The van der Waals surface area contributed by atoms with Crippen LogP contribution in [0.25, 0.3) is 0 Å². The quantitative estimate of drug-likeness (QED) is 0.696. The SMILES string of the molecule is Cc1ccc(CSc2ncc(CO)n2Cc2ccccc2)cc1. The zero-order valence-electron chi connectivity index (χ0n) is 13.1. The van der Waals surface area contributed by atoms with E-state index in [1.54, 1.807) is 18.0 Å². The van der Waals surface area contributed by atoms with Crippen molar-refractivity contribution in [3.05, 3.63) is 83.2 Å². The van der Waals surface area contributed by atoms with Crippen LogP contribution in [0.15, 0.2) is 66.0 Å². The first-order valence-corrected chi connectivity index (χ1v) is 8.62. The highest BCUT2D eigenvalue weighted by Crippen LogP contribution is 2.24. The number of benzene rings is 2. The Morgan fingerprint density at radius 3 is 2.43 bits per heavy atom. The lowest BCUT2D eigenvalue weighted by Gasteiger charge is -2.11. The molecule has 3 rings (SSSR count). The molecule has 1 N–H and O–H groups in total. The van der Waals surface area contributed by atoms with Gasteiger partial charge < -0.3 is 9.67 Å². The molecule has 0 amide bonds. The second-order valence-electron chi connectivity index (χ2n) is 5.54. The lowest BCUT2D eigenvalue weighted by atomic mass is 10.2. The molecule has 1 heterocycles. The number of hydrogen-bond acceptors (Lipinski definition) is 3. The van der Waals surface area contributed by atoms with Crippen LogP contribution >= 0.6 is 11.8 Å². The van der Waals surface area contributed by atoms with Gasteiger partial charge in [0, 0.05) is 12.3 Å². The van der Waals surface area contributed by atoms with E-state index in [2.05, 4.69) is 52.9 Å². The van der Waals surface area contributed by atoms with Gasteiger partial charge in [-0.3, -0.25) is 0 Å². The topological polar surface area (TPSA) is 38.1 Å². The maximum atomic E-state index is 9.56. The second kappa shape index (κ2) is 7.49. The van der Waals surface area contributed by atoms with Crippen LogP contribution in [-0.2, 0) is 18.9 Å². The molecular weight excluding hydrogens is 304 g/mol. The Bertz CT molecular complexity index is 751. The van der Waals surface area contributed by atoms with Gasteiger partial charge in [-0.15, -0.1) is 0 Å². The zero-order chi connectivity index (χ0) is 16.1. The minimum Gasteiger partial charge on any atom is -0.390 e. The Labute approximate surface area is 141 Å². The van der Waals surface area contributed by atoms with Crippen LogP contribution in [0.2, 0.25) is 0 Å². The first kappa shape index (κ1) is 15.8. The van der Waals surface area contributed by atoms with Gasteiger partial charge in [0.25, 0.3) is 0 Å². The standard InChI is InChI=1S/C19H20N2OS/c1-15-7-9-17(10-8-15)14-23-19-20-11-18(13-22)21(19)12-16-5-3-2-4-6-16/h2-11,22H,12-14H2,1H3. The number of aromatic nitrogens is 2. The fourth-order valence-corrected chi connectivity index (χ4v) is 3.35. The van der Waals surface area contributed by atoms with Gasteiger partial charge in [-0.2, -0.15) is 0 Å². The van der Waals surface area contributed by atoms with Crippen LogP contribution in [-0.4, -0.2) is 14.7 Å². The van der Waals surface area contributed by atoms with E-state index in [0.717, 1.165) is 23.1 Å². The Morgan fingerprint density at radius 2 is 1.74 bits per heavy atom. The minimum atomic E-state index is 0.00489. The predicted molar refractivity (Wildman–Crippen MR) is 94.4 cm³/mol. The number of imidazole rings is 1. The predicted octanol–water partition coefficient (Wildman–Crippen LogP) is 4.02. The average Bonchev–Trinajstić information content (AvgIpc) is 2.97. The van der Waals surface area contributed by atoms with Gasteiger partial charge >= 0.3 is 0 Å². The van der Waals surface area contributed by atoms with Crippen LogP contribution < -0.4 is 0 Å². The van der Waals surface area contributed by atoms with Crippen molar-refractivity contribution in [1.82, 2.24) is 9.55 Å². The molecule has 118 valence electrons. The Morgan fingerprint density at radius 1 is 1.00 bits per heavy atom. The molecule has 0 aliphatic rings. The van der Waals surface area contributed by atoms with Crippen LogP contribution in [0.1, 0.15) is 22.4 Å². The summed E-state index contributed by atoms with van der Waals surface area (Å²) in [6.45, 7) is 2.83. The van der Waals surface area contributed by atoms with E-state index < -0.39 is 0 Å². The molecule has 23 heavy (non-hydrogen) atoms. The third-order valence-corrected chi connectivity index (χ3v) is 4.80. The molecule has 0 bridgehead atoms. The molecule has 0 spiro atoms. The summed E-state index contributed by atoms with van der Waals surface area (Å²) in [5, 5.41) is 10.5. The first-order valence-electron chi connectivity index (χ1n) is 7.64. The highest BCUT2D eigenvalue weighted by atomic mass is 32.2. The molecule has 3 aromatic rings. The summed E-state index contributed by atoms with van der Waals surface area (Å²) in [5.41, 5.74) is 4.60. The maximum Gasteiger partial charge on any atom is 0.168 e. The summed E-state index contributed by atoms with van der Waals surface area (Å²) >= 11 is 1.70. The molecule has 2 aromatic carbocycles. The van der Waals surface area contributed by atoms with Gasteiger partial charge in [-0.05, 0) is 18.1 Å². The molecule has 0 aliphatic carbocycles. The fourth-order valence-electron chi connectivity index (χ4n) is 2.40. The zero-order valence-corrected chi connectivity index (χ0v) is 14.0. The van der Waals surface area contributed by atoms with Gasteiger partial charge in [-0.25, -0.2) is 4.98 Å². The van der Waals surface area contributed by atoms with Crippen molar-refractivity contribution >= 4 is 11.8 Å². The second-order valence-corrected chi connectivity index (χ2v) is 6.48. The number of aryl methyl sites for hydroxylation is 1. The van der Waals surface area contributed by atoms with Crippen molar-refractivity contribution in [3.8, 4) is 0 Å². The van der Waals surface area contributed by atoms with Gasteiger partial charge in [0.15, 0.2) is 5.16 Å². The van der Waals surface area contributed by atoms with Gasteiger partial charge in [-0.1, -0.05) is 71.9 Å². The largest absolute Gasteiger partial charge is 0.390 e. The van der Waals surface area contributed by atoms with E-state index in [0.29, 0.717) is 0 Å². The highest BCUT2D eigenvalue weighted by Gasteiger charge is 2.10. The number of aliphatic hydroxyl groups is 1. The van der Waals surface area contributed by atoms with E-state index >= 15 is 0 Å². The molecule has 0 saturated heterocycles. The lowest BCUT2D eigenvalue weighted by molar-refractivity contribution is 0.270. The van der Waals surface area contributed by atoms with E-state index in [-0.39, 0.29) is 6.61 Å². The van der Waals surface area contributed by atoms with Crippen LogP contribution in [0.3, 0.4) is 0 Å². The van der Waals surface area contributed by atoms with E-state index in [4.69, 9.17) is 0 Å². The normalized spacial score (nSPS) is 10.9. The highest BCUT2D eigenvalue weighted by molar-refractivity contribution is 7.98. The van der Waals surface area contributed by atoms with Crippen molar-refractivity contribution in [1.29, 1.82) is 0 Å². The fraction of sp³-hybridized carbons (Fsp3) is 0.211. The summed E-state index contributed by atoms with van der Waals surface area (Å²) in [7, 11) is 0. The summed E-state index contributed by atoms with van der Waals surface area (Å²) in [5.74, 6) is 0.872. The monoisotopic (exact) mass is 324 g/mol. The van der Waals surface area contributed by atoms with Crippen LogP contribution in [0, 0.1) is 6.92 Å². The number of rotatable bonds is 6. The number of hydrogen-bond donors (Lipinski definition) is 1. The van der Waals surface area contributed by atoms with Crippen LogP contribution in [0.5, 0.6) is 0 Å². The molecule has 4 heteroatoms. The van der Waals surface area contributed by atoms with Gasteiger partial charge in [0.1, 0.15) is 0 Å². The molecule has 0 radical (unpaired) electrons. The number of nitrogens with zero attached hydrogens (tertiary/aromatic N) is 2. The molecule has 0 unspecified atom stereocenters. The van der Waals surface area contributed by atoms with E-state index in [9.17, 15) is 5.11 Å². The number of aliphatic hydroxyl groups excluding tert-OH is 1. The molecule has 3 nitrogen and oxygen atoms in total. The summed E-state index contributed by atoms with van der Waals surface area (Å²) in [4.78, 5) is 4.48. The van der Waals surface area contributed by atoms with Crippen molar-refractivity contribution in [2.24, 2.45) is 0 Å². The lowest BCUT2D eigenvalue weighted by Crippen LogP contribution is -2.06. The maximum absolute atomic E-state index is 9.56. The van der Waals surface area contributed by atoms with E-state index in [1.165, 1.54) is 16.7 Å². The Balaban J connectivity index is 1.76. The molecule has 0 saturated carbocycles. The first-order chi connectivity index (χ1) is 11.3. The average molecular weight is 324 g/mol. The van der Waals surface area contributed by atoms with Crippen molar-refractivity contribution in [3.63, 3.8) is 0 Å². The molecule has 1 aromatic heterocycles. The molecule has 0 fully saturated rings. The summed E-state index contributed by atoms with van der Waals surface area (Å²) in [6, 6.07) is 18.8. The Hall–Kier alpha value is -2.04. The third-order valence-electron chi connectivity index (χ3n) is 3.74. The molecule has 0 atom stereocenters. The smallest absolute Gasteiger partial charge is 0.168 e. The minimum absolute atomic E-state index is 0.00489. The summed E-state index contributed by atoms with van der Waals surface area (Å²) in [6.07, 6.45) is 1.76.